The molecule has 2 amide bonds. The molecule has 0 spiro atoms. The fourth-order valence-electron chi connectivity index (χ4n) is 3.12. The molecule has 2 aromatic carbocycles. The van der Waals surface area contributed by atoms with Gasteiger partial charge in [-0.3, -0.25) is 14.8 Å². The normalized spacial score (nSPS) is 14.8. The molecule has 5 nitrogen and oxygen atoms in total. The van der Waals surface area contributed by atoms with E-state index >= 15 is 0 Å². The Morgan fingerprint density at radius 3 is 2.42 bits per heavy atom. The summed E-state index contributed by atoms with van der Waals surface area (Å²) in [6.07, 6.45) is 2.16. The number of hydrogen-bond acceptors (Lipinski definition) is 4. The molecule has 4 rings (SSSR count). The van der Waals surface area contributed by atoms with Gasteiger partial charge < -0.3 is 5.32 Å². The molecule has 1 saturated carbocycles. The van der Waals surface area contributed by atoms with Crippen LogP contribution in [-0.4, -0.2) is 17.0 Å². The van der Waals surface area contributed by atoms with Crippen LogP contribution in [0.5, 0.6) is 0 Å². The van der Waals surface area contributed by atoms with Crippen molar-refractivity contribution in [2.24, 2.45) is 5.92 Å². The number of rotatable bonds is 5. The van der Waals surface area contributed by atoms with Crippen LogP contribution in [0.4, 0.5) is 0 Å². The van der Waals surface area contributed by atoms with Crippen molar-refractivity contribution in [3.63, 3.8) is 0 Å². The predicted molar refractivity (Wildman–Crippen MR) is 100 cm³/mol. The number of fused-ring (bicyclic) bond motifs is 1. The van der Waals surface area contributed by atoms with Gasteiger partial charge in [-0.15, -0.1) is 11.3 Å². The zero-order valence-corrected chi connectivity index (χ0v) is 14.8. The molecule has 1 fully saturated rings. The number of benzene rings is 2. The van der Waals surface area contributed by atoms with Crippen molar-refractivity contribution in [3.8, 4) is 0 Å². The quantitative estimate of drug-likeness (QED) is 0.473. The summed E-state index contributed by atoms with van der Waals surface area (Å²) in [5.74, 6) is -0.194. The third kappa shape index (κ3) is 3.34. The molecule has 1 aliphatic rings. The zero-order valence-electron chi connectivity index (χ0n) is 13.9. The average Bonchev–Trinajstić information content (AvgIpc) is 3.42. The summed E-state index contributed by atoms with van der Waals surface area (Å²) in [4.78, 5) is 24.9. The molecule has 132 valence electrons. The van der Waals surface area contributed by atoms with E-state index in [-0.39, 0.29) is 11.9 Å². The van der Waals surface area contributed by atoms with E-state index in [1.807, 2.05) is 42.5 Å². The number of hydrogen-bond donors (Lipinski definition) is 3. The molecule has 1 atom stereocenters. The fourth-order valence-corrected chi connectivity index (χ4v) is 4.08. The molecule has 3 N–H and O–H groups in total. The van der Waals surface area contributed by atoms with E-state index in [1.54, 1.807) is 17.6 Å². The number of thiophene rings is 1. The molecular formula is C20H18N2O3S. The maximum atomic E-state index is 12.8. The third-order valence-electron chi connectivity index (χ3n) is 4.66. The van der Waals surface area contributed by atoms with Gasteiger partial charge in [0.15, 0.2) is 0 Å². The van der Waals surface area contributed by atoms with Crippen molar-refractivity contribution in [2.45, 2.75) is 18.9 Å². The highest BCUT2D eigenvalue weighted by Gasteiger charge is 2.33. The fraction of sp³-hybridized carbons (Fsp3) is 0.200. The average molecular weight is 366 g/mol. The Kier molecular flexibility index (Phi) is 4.44. The van der Waals surface area contributed by atoms with Crippen molar-refractivity contribution < 1.29 is 14.8 Å². The molecule has 1 heterocycles. The minimum absolute atomic E-state index is 0.0692. The van der Waals surface area contributed by atoms with Crippen LogP contribution in [0.1, 0.15) is 44.5 Å². The molecule has 26 heavy (non-hydrogen) atoms. The van der Waals surface area contributed by atoms with E-state index in [0.29, 0.717) is 16.4 Å². The third-order valence-corrected chi connectivity index (χ3v) is 5.78. The summed E-state index contributed by atoms with van der Waals surface area (Å²) in [7, 11) is 0. The van der Waals surface area contributed by atoms with Crippen molar-refractivity contribution in [1.82, 2.24) is 10.8 Å². The minimum Gasteiger partial charge on any atom is -0.344 e. The topological polar surface area (TPSA) is 78.4 Å². The first-order valence-corrected chi connectivity index (χ1v) is 9.31. The van der Waals surface area contributed by atoms with Gasteiger partial charge in [-0.25, -0.2) is 5.48 Å². The van der Waals surface area contributed by atoms with E-state index in [4.69, 9.17) is 5.21 Å². The van der Waals surface area contributed by atoms with Gasteiger partial charge >= 0.3 is 0 Å². The van der Waals surface area contributed by atoms with Crippen molar-refractivity contribution in [3.05, 3.63) is 70.6 Å². The van der Waals surface area contributed by atoms with E-state index in [0.717, 1.165) is 28.5 Å². The minimum atomic E-state index is -0.547. The number of hydroxylamine groups is 1. The second-order valence-corrected chi connectivity index (χ2v) is 7.58. The maximum absolute atomic E-state index is 12.8. The highest BCUT2D eigenvalue weighted by Crippen LogP contribution is 2.41. The lowest BCUT2D eigenvalue weighted by molar-refractivity contribution is 0.0706. The Balaban J connectivity index is 1.55. The zero-order chi connectivity index (χ0) is 18.1. The van der Waals surface area contributed by atoms with Gasteiger partial charge in [-0.2, -0.15) is 0 Å². The highest BCUT2D eigenvalue weighted by molar-refractivity contribution is 7.20. The molecule has 1 unspecified atom stereocenters. The summed E-state index contributed by atoms with van der Waals surface area (Å²) in [5, 5.41) is 12.9. The number of nitrogens with one attached hydrogen (secondary N) is 2. The van der Waals surface area contributed by atoms with Crippen LogP contribution < -0.4 is 10.8 Å². The predicted octanol–water partition coefficient (Wildman–Crippen LogP) is 3.90. The van der Waals surface area contributed by atoms with Gasteiger partial charge in [-0.1, -0.05) is 30.3 Å². The molecule has 0 bridgehead atoms. The van der Waals surface area contributed by atoms with Crippen LogP contribution in [0.15, 0.2) is 54.6 Å². The van der Waals surface area contributed by atoms with E-state index in [1.165, 1.54) is 11.3 Å². The lowest BCUT2D eigenvalue weighted by atomic mass is 10.0. The van der Waals surface area contributed by atoms with Gasteiger partial charge in [0.25, 0.3) is 11.8 Å². The number of carbonyl (C=O) groups excluding carboxylic acids is 2. The standard InChI is InChI=1S/C20H18N2O3S/c23-19(22-25)14-9-7-13(8-10-14)18(12-5-6-12)21-20(24)17-11-15-3-1-2-4-16(15)26-17/h1-4,7-12,18,25H,5-6H2,(H,21,24)(H,22,23). The Bertz CT molecular complexity index is 928. The Hall–Kier alpha value is -2.70. The molecule has 0 saturated heterocycles. The van der Waals surface area contributed by atoms with Gasteiger partial charge in [0, 0.05) is 10.3 Å². The Labute approximate surface area is 154 Å². The molecule has 0 radical (unpaired) electrons. The SMILES string of the molecule is O=C(NO)c1ccc(C(NC(=O)c2cc3ccccc3s2)C2CC2)cc1. The van der Waals surface area contributed by atoms with Crippen LogP contribution in [0.25, 0.3) is 10.1 Å². The summed E-state index contributed by atoms with van der Waals surface area (Å²) >= 11 is 1.49. The highest BCUT2D eigenvalue weighted by atomic mass is 32.1. The van der Waals surface area contributed by atoms with Crippen molar-refractivity contribution >= 4 is 33.2 Å². The van der Waals surface area contributed by atoms with Crippen LogP contribution in [-0.2, 0) is 0 Å². The summed E-state index contributed by atoms with van der Waals surface area (Å²) in [6, 6.07) is 16.8. The van der Waals surface area contributed by atoms with Crippen molar-refractivity contribution in [1.29, 1.82) is 0 Å². The number of carbonyl (C=O) groups is 2. The first-order valence-electron chi connectivity index (χ1n) is 8.49. The first kappa shape index (κ1) is 16.8. The lowest BCUT2D eigenvalue weighted by Crippen LogP contribution is -2.29. The van der Waals surface area contributed by atoms with E-state index in [2.05, 4.69) is 5.32 Å². The monoisotopic (exact) mass is 366 g/mol. The Morgan fingerprint density at radius 2 is 1.77 bits per heavy atom. The second-order valence-electron chi connectivity index (χ2n) is 6.50. The lowest BCUT2D eigenvalue weighted by Gasteiger charge is -2.18. The smallest absolute Gasteiger partial charge is 0.274 e. The van der Waals surface area contributed by atoms with Gasteiger partial charge in [0.2, 0.25) is 0 Å². The molecule has 1 aliphatic carbocycles. The summed E-state index contributed by atoms with van der Waals surface area (Å²) in [5.41, 5.74) is 2.97. The van der Waals surface area contributed by atoms with Crippen LogP contribution in [0, 0.1) is 5.92 Å². The Morgan fingerprint density at radius 1 is 1.04 bits per heavy atom. The summed E-state index contributed by atoms with van der Waals surface area (Å²) in [6.45, 7) is 0. The largest absolute Gasteiger partial charge is 0.344 e. The van der Waals surface area contributed by atoms with Gasteiger partial charge in [0.1, 0.15) is 0 Å². The van der Waals surface area contributed by atoms with Gasteiger partial charge in [0.05, 0.1) is 10.9 Å². The molecule has 1 aromatic heterocycles. The summed E-state index contributed by atoms with van der Waals surface area (Å²) < 4.78 is 1.10. The first-order chi connectivity index (χ1) is 12.7. The van der Waals surface area contributed by atoms with E-state index < -0.39 is 5.91 Å². The van der Waals surface area contributed by atoms with Crippen LogP contribution in [0.3, 0.4) is 0 Å². The van der Waals surface area contributed by atoms with Crippen LogP contribution >= 0.6 is 11.3 Å². The van der Waals surface area contributed by atoms with Gasteiger partial charge in [-0.05, 0) is 54.0 Å². The molecule has 0 aliphatic heterocycles. The maximum Gasteiger partial charge on any atom is 0.274 e. The second kappa shape index (κ2) is 6.90. The molecule has 3 aromatic rings. The van der Waals surface area contributed by atoms with Crippen molar-refractivity contribution in [2.75, 3.05) is 0 Å². The number of amides is 2. The molecular weight excluding hydrogens is 348 g/mol. The van der Waals surface area contributed by atoms with E-state index in [9.17, 15) is 9.59 Å². The molecule has 6 heteroatoms. The van der Waals surface area contributed by atoms with Crippen LogP contribution in [0.2, 0.25) is 0 Å².